The minimum atomic E-state index is -4.80. The molecule has 0 saturated carbocycles. The zero-order valence-electron chi connectivity index (χ0n) is 18.6. The summed E-state index contributed by atoms with van der Waals surface area (Å²) < 4.78 is 41.1. The Labute approximate surface area is 216 Å². The summed E-state index contributed by atoms with van der Waals surface area (Å²) in [4.78, 5) is 19.0. The van der Waals surface area contributed by atoms with Crippen LogP contribution in [0.5, 0.6) is 0 Å². The standard InChI is InChI=1S/C22H21Cl2N4O6PS/c23-16-11-17(24)13-20(12-16)36(33,34)28(14-35(30,31)32)19-4-5-21-15(10-19)7-8-27(21)22-6-3-18(25-26-22)2-1-9-29/h3-8,10-13,29H,1-2,9,14H2,(H2,30,31,32). The first-order chi connectivity index (χ1) is 17.0. The predicted molar refractivity (Wildman–Crippen MR) is 137 cm³/mol. The van der Waals surface area contributed by atoms with E-state index >= 15 is 0 Å². The van der Waals surface area contributed by atoms with Gasteiger partial charge in [-0.1, -0.05) is 23.2 Å². The van der Waals surface area contributed by atoms with Gasteiger partial charge < -0.3 is 14.9 Å². The number of aromatic nitrogens is 3. The van der Waals surface area contributed by atoms with Crippen LogP contribution >= 0.6 is 30.8 Å². The van der Waals surface area contributed by atoms with Crippen LogP contribution in [0, 0.1) is 0 Å². The summed E-state index contributed by atoms with van der Waals surface area (Å²) in [7, 11) is -9.24. The molecule has 190 valence electrons. The lowest BCUT2D eigenvalue weighted by Crippen LogP contribution is -2.32. The Kier molecular flexibility index (Phi) is 7.72. The smallest absolute Gasteiger partial charge is 0.345 e. The first kappa shape index (κ1) is 26.6. The number of aliphatic hydroxyl groups is 1. The van der Waals surface area contributed by atoms with Gasteiger partial charge in [0.25, 0.3) is 10.0 Å². The van der Waals surface area contributed by atoms with Gasteiger partial charge >= 0.3 is 7.60 Å². The molecule has 2 aromatic carbocycles. The first-order valence-corrected chi connectivity index (χ1v) is 14.6. The van der Waals surface area contributed by atoms with Gasteiger partial charge in [0, 0.05) is 28.2 Å². The minimum Gasteiger partial charge on any atom is -0.396 e. The lowest BCUT2D eigenvalue weighted by molar-refractivity contribution is 0.288. The summed E-state index contributed by atoms with van der Waals surface area (Å²) in [5, 5.41) is 18.1. The van der Waals surface area contributed by atoms with E-state index in [9.17, 15) is 22.8 Å². The molecule has 0 aliphatic carbocycles. The SMILES string of the molecule is O=P(O)(O)CN(c1ccc2c(ccn2-c2ccc(CCCO)nn2)c1)S(=O)(=O)c1cc(Cl)cc(Cl)c1. The quantitative estimate of drug-likeness (QED) is 0.256. The molecule has 2 heterocycles. The monoisotopic (exact) mass is 570 g/mol. The Morgan fingerprint density at radius 3 is 2.31 bits per heavy atom. The van der Waals surface area contributed by atoms with Crippen molar-refractivity contribution in [3.8, 4) is 5.82 Å². The second-order valence-corrected chi connectivity index (χ2v) is 12.3. The second-order valence-electron chi connectivity index (χ2n) is 7.90. The summed E-state index contributed by atoms with van der Waals surface area (Å²) in [5.41, 5.74) is 1.46. The molecule has 0 aliphatic rings. The number of halogens is 2. The molecule has 0 atom stereocenters. The van der Waals surface area contributed by atoms with Crippen LogP contribution in [0.2, 0.25) is 10.0 Å². The van der Waals surface area contributed by atoms with E-state index < -0.39 is 23.9 Å². The van der Waals surface area contributed by atoms with E-state index in [-0.39, 0.29) is 27.2 Å². The number of benzene rings is 2. The molecule has 36 heavy (non-hydrogen) atoms. The maximum Gasteiger partial charge on any atom is 0.345 e. The highest BCUT2D eigenvalue weighted by molar-refractivity contribution is 7.93. The van der Waals surface area contributed by atoms with Crippen molar-refractivity contribution in [2.45, 2.75) is 17.7 Å². The van der Waals surface area contributed by atoms with Crippen molar-refractivity contribution in [2.24, 2.45) is 0 Å². The highest BCUT2D eigenvalue weighted by atomic mass is 35.5. The van der Waals surface area contributed by atoms with E-state index in [4.69, 9.17) is 28.3 Å². The van der Waals surface area contributed by atoms with Crippen molar-refractivity contribution in [2.75, 3.05) is 17.2 Å². The topological polar surface area (TPSA) is 146 Å². The lowest BCUT2D eigenvalue weighted by Gasteiger charge is -2.25. The highest BCUT2D eigenvalue weighted by Crippen LogP contribution is 2.40. The largest absolute Gasteiger partial charge is 0.396 e. The van der Waals surface area contributed by atoms with Gasteiger partial charge in [0.1, 0.15) is 6.29 Å². The Bertz CT molecular complexity index is 1540. The third kappa shape index (κ3) is 5.90. The number of hydrogen-bond donors (Lipinski definition) is 3. The average molecular weight is 571 g/mol. The average Bonchev–Trinajstić information content (AvgIpc) is 3.23. The maximum atomic E-state index is 13.4. The molecule has 0 fully saturated rings. The summed E-state index contributed by atoms with van der Waals surface area (Å²) in [6.07, 6.45) is 1.83. The number of sulfonamides is 1. The van der Waals surface area contributed by atoms with E-state index in [1.165, 1.54) is 18.2 Å². The maximum absolute atomic E-state index is 13.4. The molecule has 0 saturated heterocycles. The van der Waals surface area contributed by atoms with Gasteiger partial charge in [-0.05, 0) is 67.4 Å². The van der Waals surface area contributed by atoms with Crippen LogP contribution in [0.25, 0.3) is 16.7 Å². The van der Waals surface area contributed by atoms with Crippen molar-refractivity contribution in [3.63, 3.8) is 0 Å². The van der Waals surface area contributed by atoms with Gasteiger partial charge in [0.05, 0.1) is 21.8 Å². The third-order valence-corrected chi connectivity index (χ3v) is 8.27. The van der Waals surface area contributed by atoms with Crippen LogP contribution < -0.4 is 4.31 Å². The molecular weight excluding hydrogens is 550 g/mol. The van der Waals surface area contributed by atoms with Gasteiger partial charge in [0.15, 0.2) is 5.82 Å². The van der Waals surface area contributed by atoms with E-state index in [1.54, 1.807) is 29.0 Å². The van der Waals surface area contributed by atoms with Gasteiger partial charge in [-0.2, -0.15) is 5.10 Å². The fourth-order valence-corrected chi connectivity index (χ4v) is 7.04. The Morgan fingerprint density at radius 2 is 1.69 bits per heavy atom. The van der Waals surface area contributed by atoms with Crippen LogP contribution in [0.3, 0.4) is 0 Å². The van der Waals surface area contributed by atoms with Gasteiger partial charge in [-0.25, -0.2) is 8.42 Å². The molecule has 2 aromatic heterocycles. The molecule has 0 radical (unpaired) electrons. The van der Waals surface area contributed by atoms with E-state index in [2.05, 4.69) is 10.2 Å². The molecule has 0 aliphatic heterocycles. The van der Waals surface area contributed by atoms with E-state index in [0.717, 1.165) is 17.8 Å². The molecule has 0 bridgehead atoms. The third-order valence-electron chi connectivity index (χ3n) is 5.24. The molecule has 0 amide bonds. The van der Waals surface area contributed by atoms with Crippen LogP contribution in [0.1, 0.15) is 12.1 Å². The van der Waals surface area contributed by atoms with Crippen molar-refractivity contribution in [3.05, 3.63) is 76.5 Å². The fraction of sp³-hybridized carbons (Fsp3) is 0.182. The molecule has 14 heteroatoms. The molecular formula is C22H21Cl2N4O6PS. The van der Waals surface area contributed by atoms with Crippen LogP contribution in [0.15, 0.2) is 65.7 Å². The van der Waals surface area contributed by atoms with Crippen LogP contribution in [-0.4, -0.2) is 51.0 Å². The lowest BCUT2D eigenvalue weighted by atomic mass is 10.2. The summed E-state index contributed by atoms with van der Waals surface area (Å²) >= 11 is 11.9. The normalized spacial score (nSPS) is 12.2. The number of rotatable bonds is 9. The molecule has 0 unspecified atom stereocenters. The summed E-state index contributed by atoms with van der Waals surface area (Å²) in [5.74, 6) is 0.527. The molecule has 3 N–H and O–H groups in total. The summed E-state index contributed by atoms with van der Waals surface area (Å²) in [6.45, 7) is 0.0626. The van der Waals surface area contributed by atoms with Gasteiger partial charge in [-0.15, -0.1) is 5.10 Å². The molecule has 10 nitrogen and oxygen atoms in total. The molecule has 0 spiro atoms. The van der Waals surface area contributed by atoms with Crippen molar-refractivity contribution in [1.29, 1.82) is 0 Å². The Balaban J connectivity index is 1.75. The minimum absolute atomic E-state index is 0.0464. The van der Waals surface area contributed by atoms with E-state index in [0.29, 0.717) is 33.9 Å². The van der Waals surface area contributed by atoms with Gasteiger partial charge in [0.2, 0.25) is 0 Å². The van der Waals surface area contributed by atoms with Crippen molar-refractivity contribution >= 4 is 57.4 Å². The van der Waals surface area contributed by atoms with Crippen molar-refractivity contribution < 1.29 is 27.9 Å². The first-order valence-electron chi connectivity index (χ1n) is 10.6. The zero-order chi connectivity index (χ0) is 26.1. The second kappa shape index (κ2) is 10.5. The number of aliphatic hydroxyl groups excluding tert-OH is 1. The number of aryl methyl sites for hydroxylation is 1. The van der Waals surface area contributed by atoms with Crippen molar-refractivity contribution in [1.82, 2.24) is 14.8 Å². The van der Waals surface area contributed by atoms with Crippen LogP contribution in [0.4, 0.5) is 5.69 Å². The number of hydrogen-bond acceptors (Lipinski definition) is 6. The Hall–Kier alpha value is -2.50. The fourth-order valence-electron chi connectivity index (χ4n) is 3.63. The number of anilines is 1. The number of fused-ring (bicyclic) bond motifs is 1. The highest BCUT2D eigenvalue weighted by Gasteiger charge is 2.32. The van der Waals surface area contributed by atoms with Crippen LogP contribution in [-0.2, 0) is 21.0 Å². The Morgan fingerprint density at radius 1 is 0.972 bits per heavy atom. The number of nitrogens with zero attached hydrogens (tertiary/aromatic N) is 4. The molecule has 4 rings (SSSR count). The predicted octanol–water partition coefficient (Wildman–Crippen LogP) is 3.98. The van der Waals surface area contributed by atoms with E-state index in [1.807, 2.05) is 6.07 Å². The molecule has 4 aromatic rings. The van der Waals surface area contributed by atoms with Gasteiger partial charge in [-0.3, -0.25) is 13.4 Å². The zero-order valence-corrected chi connectivity index (χ0v) is 21.8. The summed E-state index contributed by atoms with van der Waals surface area (Å²) in [6, 6.07) is 13.6.